The highest BCUT2D eigenvalue weighted by atomic mass is 16.2. The molecule has 0 fully saturated rings. The van der Waals surface area contributed by atoms with Crippen molar-refractivity contribution in [1.29, 1.82) is 5.26 Å². The SMILES string of the molecule is CC(=O)C1=NN(c2ccccc2)C(=O)C(C#N)C1c1ccccc1. The number of hydrogen-bond donors (Lipinski definition) is 0. The van der Waals surface area contributed by atoms with Crippen LogP contribution in [0.25, 0.3) is 0 Å². The second-order valence-corrected chi connectivity index (χ2v) is 5.52. The number of anilines is 1. The van der Waals surface area contributed by atoms with Gasteiger partial charge in [0.1, 0.15) is 11.6 Å². The highest BCUT2D eigenvalue weighted by Gasteiger charge is 2.42. The smallest absolute Gasteiger partial charge is 0.265 e. The van der Waals surface area contributed by atoms with Crippen LogP contribution in [0.3, 0.4) is 0 Å². The van der Waals surface area contributed by atoms with Gasteiger partial charge in [0, 0.05) is 6.92 Å². The first-order valence-electron chi connectivity index (χ1n) is 7.56. The first-order chi connectivity index (χ1) is 11.6. The third-order valence-corrected chi connectivity index (χ3v) is 3.97. The average molecular weight is 317 g/mol. The summed E-state index contributed by atoms with van der Waals surface area (Å²) in [6.07, 6.45) is 0. The molecule has 0 aromatic heterocycles. The summed E-state index contributed by atoms with van der Waals surface area (Å²) >= 11 is 0. The molecular weight excluding hydrogens is 302 g/mol. The van der Waals surface area contributed by atoms with E-state index in [0.717, 1.165) is 10.6 Å². The number of carbonyl (C=O) groups is 2. The molecule has 1 amide bonds. The van der Waals surface area contributed by atoms with Crippen LogP contribution in [0, 0.1) is 17.2 Å². The lowest BCUT2D eigenvalue weighted by molar-refractivity contribution is -0.121. The van der Waals surface area contributed by atoms with E-state index in [2.05, 4.69) is 11.2 Å². The van der Waals surface area contributed by atoms with Crippen LogP contribution in [-0.2, 0) is 9.59 Å². The van der Waals surface area contributed by atoms with E-state index in [1.165, 1.54) is 6.92 Å². The summed E-state index contributed by atoms with van der Waals surface area (Å²) in [5.74, 6) is -2.33. The number of rotatable bonds is 3. The van der Waals surface area contributed by atoms with Crippen molar-refractivity contribution in [2.24, 2.45) is 11.0 Å². The quantitative estimate of drug-likeness (QED) is 0.873. The number of ketones is 1. The minimum absolute atomic E-state index is 0.219. The lowest BCUT2D eigenvalue weighted by Gasteiger charge is -2.32. The maximum Gasteiger partial charge on any atom is 0.265 e. The number of Topliss-reactive ketones (excluding diaryl/α,β-unsaturated/α-hetero) is 1. The van der Waals surface area contributed by atoms with Crippen molar-refractivity contribution in [2.45, 2.75) is 12.8 Å². The lowest BCUT2D eigenvalue weighted by atomic mass is 9.80. The number of carbonyl (C=O) groups excluding carboxylic acids is 2. The van der Waals surface area contributed by atoms with Gasteiger partial charge >= 0.3 is 0 Å². The van der Waals surface area contributed by atoms with Crippen LogP contribution in [0.4, 0.5) is 5.69 Å². The van der Waals surface area contributed by atoms with E-state index in [4.69, 9.17) is 0 Å². The number of nitriles is 1. The molecule has 2 aromatic carbocycles. The van der Waals surface area contributed by atoms with Crippen LogP contribution in [-0.4, -0.2) is 17.4 Å². The minimum atomic E-state index is -0.996. The number of hydrazone groups is 1. The third-order valence-electron chi connectivity index (χ3n) is 3.97. The Morgan fingerprint density at radius 3 is 2.21 bits per heavy atom. The van der Waals surface area contributed by atoms with Crippen LogP contribution < -0.4 is 5.01 Å². The lowest BCUT2D eigenvalue weighted by Crippen LogP contribution is -2.45. The molecule has 24 heavy (non-hydrogen) atoms. The number of para-hydroxylation sites is 1. The molecule has 0 radical (unpaired) electrons. The fourth-order valence-electron chi connectivity index (χ4n) is 2.84. The van der Waals surface area contributed by atoms with Crippen molar-refractivity contribution in [1.82, 2.24) is 0 Å². The second kappa shape index (κ2) is 6.47. The molecule has 2 unspecified atom stereocenters. The van der Waals surface area contributed by atoms with Gasteiger partial charge in [-0.25, -0.2) is 0 Å². The van der Waals surface area contributed by atoms with E-state index < -0.39 is 17.7 Å². The molecule has 0 saturated carbocycles. The molecule has 1 aliphatic heterocycles. The fourth-order valence-corrected chi connectivity index (χ4v) is 2.84. The molecule has 0 bridgehead atoms. The third kappa shape index (κ3) is 2.70. The van der Waals surface area contributed by atoms with Crippen molar-refractivity contribution >= 4 is 23.1 Å². The van der Waals surface area contributed by atoms with E-state index in [1.54, 1.807) is 36.4 Å². The molecule has 3 rings (SSSR count). The van der Waals surface area contributed by atoms with Crippen LogP contribution in [0.2, 0.25) is 0 Å². The van der Waals surface area contributed by atoms with Crippen LogP contribution in [0.5, 0.6) is 0 Å². The summed E-state index contributed by atoms with van der Waals surface area (Å²) in [4.78, 5) is 24.9. The number of amides is 1. The zero-order valence-electron chi connectivity index (χ0n) is 13.1. The van der Waals surface area contributed by atoms with Crippen molar-refractivity contribution < 1.29 is 9.59 Å². The predicted octanol–water partition coefficient (Wildman–Crippen LogP) is 2.90. The van der Waals surface area contributed by atoms with E-state index in [0.29, 0.717) is 5.69 Å². The van der Waals surface area contributed by atoms with Gasteiger partial charge in [-0.05, 0) is 17.7 Å². The monoisotopic (exact) mass is 317 g/mol. The van der Waals surface area contributed by atoms with Crippen molar-refractivity contribution in [3.05, 3.63) is 66.2 Å². The Hall–Kier alpha value is -3.26. The minimum Gasteiger partial charge on any atom is -0.293 e. The predicted molar refractivity (Wildman–Crippen MR) is 90.3 cm³/mol. The highest BCUT2D eigenvalue weighted by Crippen LogP contribution is 2.34. The molecule has 1 heterocycles. The average Bonchev–Trinajstić information content (AvgIpc) is 2.62. The van der Waals surface area contributed by atoms with Gasteiger partial charge < -0.3 is 0 Å². The maximum atomic E-state index is 12.8. The molecule has 5 heteroatoms. The van der Waals surface area contributed by atoms with E-state index in [9.17, 15) is 14.9 Å². The van der Waals surface area contributed by atoms with Crippen molar-refractivity contribution in [3.63, 3.8) is 0 Å². The molecule has 2 atom stereocenters. The van der Waals surface area contributed by atoms with E-state index >= 15 is 0 Å². The number of benzene rings is 2. The number of nitrogens with zero attached hydrogens (tertiary/aromatic N) is 3. The van der Waals surface area contributed by atoms with Gasteiger partial charge in [0.15, 0.2) is 5.78 Å². The zero-order valence-corrected chi connectivity index (χ0v) is 13.1. The van der Waals surface area contributed by atoms with Gasteiger partial charge in [-0.15, -0.1) is 0 Å². The van der Waals surface area contributed by atoms with Crippen LogP contribution in [0.1, 0.15) is 18.4 Å². The Kier molecular flexibility index (Phi) is 4.21. The van der Waals surface area contributed by atoms with Crippen LogP contribution >= 0.6 is 0 Å². The van der Waals surface area contributed by atoms with Gasteiger partial charge in [0.05, 0.1) is 17.7 Å². The number of hydrogen-bond acceptors (Lipinski definition) is 4. The van der Waals surface area contributed by atoms with Crippen molar-refractivity contribution in [2.75, 3.05) is 5.01 Å². The summed E-state index contributed by atoms with van der Waals surface area (Å²) in [6, 6.07) is 20.0. The Bertz CT molecular complexity index is 838. The Balaban J connectivity index is 2.16. The Morgan fingerprint density at radius 1 is 1.08 bits per heavy atom. The Labute approximate surface area is 139 Å². The first kappa shape index (κ1) is 15.6. The van der Waals surface area contributed by atoms with Gasteiger partial charge in [-0.2, -0.15) is 15.4 Å². The maximum absolute atomic E-state index is 12.8. The van der Waals surface area contributed by atoms with E-state index in [-0.39, 0.29) is 11.5 Å². The van der Waals surface area contributed by atoms with Gasteiger partial charge in [-0.1, -0.05) is 48.5 Å². The molecule has 0 spiro atoms. The molecule has 118 valence electrons. The largest absolute Gasteiger partial charge is 0.293 e. The van der Waals surface area contributed by atoms with Gasteiger partial charge in [-0.3, -0.25) is 9.59 Å². The van der Waals surface area contributed by atoms with Gasteiger partial charge in [0.2, 0.25) is 0 Å². The zero-order chi connectivity index (χ0) is 17.1. The summed E-state index contributed by atoms with van der Waals surface area (Å²) < 4.78 is 0. The summed E-state index contributed by atoms with van der Waals surface area (Å²) in [5.41, 5.74) is 1.49. The Morgan fingerprint density at radius 2 is 1.67 bits per heavy atom. The molecular formula is C19H15N3O2. The van der Waals surface area contributed by atoms with E-state index in [1.807, 2.05) is 24.3 Å². The standard InChI is InChI=1S/C19H15N3O2/c1-13(23)18-17(14-8-4-2-5-9-14)16(12-20)19(24)22(21-18)15-10-6-3-7-11-15/h2-11,16-17H,1H3. The fraction of sp³-hybridized carbons (Fsp3) is 0.158. The molecule has 0 aliphatic carbocycles. The molecule has 0 N–H and O–H groups in total. The van der Waals surface area contributed by atoms with Crippen molar-refractivity contribution in [3.8, 4) is 6.07 Å². The topological polar surface area (TPSA) is 73.5 Å². The normalized spacial score (nSPS) is 20.2. The molecule has 5 nitrogen and oxygen atoms in total. The highest BCUT2D eigenvalue weighted by molar-refractivity contribution is 6.42. The molecule has 1 aliphatic rings. The summed E-state index contributed by atoms with van der Waals surface area (Å²) in [7, 11) is 0. The molecule has 0 saturated heterocycles. The summed E-state index contributed by atoms with van der Waals surface area (Å²) in [5, 5.41) is 15.0. The molecule has 2 aromatic rings. The van der Waals surface area contributed by atoms with Crippen LogP contribution in [0.15, 0.2) is 65.8 Å². The second-order valence-electron chi connectivity index (χ2n) is 5.52. The first-order valence-corrected chi connectivity index (χ1v) is 7.56. The summed E-state index contributed by atoms with van der Waals surface area (Å²) in [6.45, 7) is 1.40. The van der Waals surface area contributed by atoms with Gasteiger partial charge in [0.25, 0.3) is 5.91 Å².